The van der Waals surface area contributed by atoms with Gasteiger partial charge in [0, 0.05) is 5.69 Å². The minimum absolute atomic E-state index is 0.0440. The van der Waals surface area contributed by atoms with Crippen molar-refractivity contribution in [3.05, 3.63) is 29.8 Å². The third-order valence-electron chi connectivity index (χ3n) is 2.37. The zero-order valence-corrected chi connectivity index (χ0v) is 10.8. The molecule has 0 aromatic heterocycles. The van der Waals surface area contributed by atoms with Crippen molar-refractivity contribution in [2.24, 2.45) is 0 Å². The van der Waals surface area contributed by atoms with Gasteiger partial charge in [-0.05, 0) is 30.7 Å². The van der Waals surface area contributed by atoms with Crippen LogP contribution in [0.5, 0.6) is 0 Å². The van der Waals surface area contributed by atoms with Crippen molar-refractivity contribution in [3.63, 3.8) is 0 Å². The van der Waals surface area contributed by atoms with Crippen LogP contribution in [0.15, 0.2) is 24.3 Å². The number of unbranched alkanes of at least 4 members (excludes halogenated alkanes) is 1. The lowest BCUT2D eigenvalue weighted by atomic mass is 10.2. The number of esters is 1. The monoisotopic (exact) mass is 289 g/mol. The normalized spacial score (nSPS) is 11.0. The minimum atomic E-state index is -4.95. The van der Waals surface area contributed by atoms with Crippen LogP contribution < -0.4 is 5.32 Å². The molecule has 0 atom stereocenters. The van der Waals surface area contributed by atoms with Crippen molar-refractivity contribution in [2.75, 3.05) is 11.9 Å². The molecule has 0 fully saturated rings. The number of carbonyl (C=O) groups excluding carboxylic acids is 2. The maximum Gasteiger partial charge on any atom is 0.471 e. The molecule has 0 aliphatic heterocycles. The number of amides is 1. The van der Waals surface area contributed by atoms with E-state index in [1.165, 1.54) is 24.3 Å². The topological polar surface area (TPSA) is 55.4 Å². The van der Waals surface area contributed by atoms with E-state index in [9.17, 15) is 22.8 Å². The Morgan fingerprint density at radius 3 is 2.30 bits per heavy atom. The van der Waals surface area contributed by atoms with Gasteiger partial charge in [-0.3, -0.25) is 4.79 Å². The Morgan fingerprint density at radius 1 is 1.20 bits per heavy atom. The molecule has 1 aromatic rings. The molecule has 0 saturated heterocycles. The smallest absolute Gasteiger partial charge is 0.462 e. The summed E-state index contributed by atoms with van der Waals surface area (Å²) in [6.07, 6.45) is -3.32. The number of nitrogens with one attached hydrogen (secondary N) is 1. The first-order chi connectivity index (χ1) is 9.34. The van der Waals surface area contributed by atoms with Crippen LogP contribution >= 0.6 is 0 Å². The first-order valence-electron chi connectivity index (χ1n) is 6.00. The summed E-state index contributed by atoms with van der Waals surface area (Å²) in [5, 5.41) is 1.68. The average Bonchev–Trinajstić information content (AvgIpc) is 2.38. The molecule has 1 N–H and O–H groups in total. The quantitative estimate of drug-likeness (QED) is 0.669. The molecule has 1 rings (SSSR count). The van der Waals surface area contributed by atoms with E-state index in [4.69, 9.17) is 4.74 Å². The third-order valence-corrected chi connectivity index (χ3v) is 2.37. The summed E-state index contributed by atoms with van der Waals surface area (Å²) >= 11 is 0. The third kappa shape index (κ3) is 4.91. The van der Waals surface area contributed by atoms with Gasteiger partial charge in [-0.15, -0.1) is 0 Å². The fraction of sp³-hybridized carbons (Fsp3) is 0.385. The van der Waals surface area contributed by atoms with Crippen LogP contribution in [-0.4, -0.2) is 24.7 Å². The highest BCUT2D eigenvalue weighted by Gasteiger charge is 2.38. The lowest BCUT2D eigenvalue weighted by molar-refractivity contribution is -0.167. The second kappa shape index (κ2) is 6.93. The van der Waals surface area contributed by atoms with Crippen LogP contribution in [0.25, 0.3) is 0 Å². The summed E-state index contributed by atoms with van der Waals surface area (Å²) in [4.78, 5) is 22.2. The number of halogens is 3. The molecule has 0 unspecified atom stereocenters. The van der Waals surface area contributed by atoms with E-state index in [-0.39, 0.29) is 11.3 Å². The predicted octanol–water partition coefficient (Wildman–Crippen LogP) is 3.14. The number of ether oxygens (including phenoxy) is 1. The van der Waals surface area contributed by atoms with Gasteiger partial charge in [-0.2, -0.15) is 13.2 Å². The SMILES string of the molecule is CCCCOC(=O)c1ccc(NC(=O)C(F)(F)F)cc1. The number of alkyl halides is 3. The number of anilines is 1. The largest absolute Gasteiger partial charge is 0.471 e. The molecule has 110 valence electrons. The molecular weight excluding hydrogens is 275 g/mol. The number of hydrogen-bond acceptors (Lipinski definition) is 3. The summed E-state index contributed by atoms with van der Waals surface area (Å²) in [6.45, 7) is 2.24. The lowest BCUT2D eigenvalue weighted by Crippen LogP contribution is -2.29. The Bertz CT molecular complexity index is 469. The highest BCUT2D eigenvalue weighted by Crippen LogP contribution is 2.18. The van der Waals surface area contributed by atoms with E-state index >= 15 is 0 Å². The lowest BCUT2D eigenvalue weighted by Gasteiger charge is -2.08. The second-order valence-corrected chi connectivity index (χ2v) is 4.02. The average molecular weight is 289 g/mol. The molecule has 1 amide bonds. The Hall–Kier alpha value is -2.05. The molecular formula is C13H14F3NO3. The highest BCUT2D eigenvalue weighted by molar-refractivity contribution is 5.95. The molecule has 0 radical (unpaired) electrons. The molecule has 0 spiro atoms. The van der Waals surface area contributed by atoms with Gasteiger partial charge < -0.3 is 10.1 Å². The van der Waals surface area contributed by atoms with Crippen molar-refractivity contribution in [3.8, 4) is 0 Å². The van der Waals surface area contributed by atoms with Gasteiger partial charge in [0.05, 0.1) is 12.2 Å². The molecule has 0 bridgehead atoms. The van der Waals surface area contributed by atoms with E-state index in [1.807, 2.05) is 6.92 Å². The van der Waals surface area contributed by atoms with Crippen molar-refractivity contribution in [1.82, 2.24) is 0 Å². The number of hydrogen-bond donors (Lipinski definition) is 1. The summed E-state index contributed by atoms with van der Waals surface area (Å²) < 4.78 is 41.0. The van der Waals surface area contributed by atoms with Crippen LogP contribution in [0.1, 0.15) is 30.1 Å². The first kappa shape index (κ1) is 16.0. The van der Waals surface area contributed by atoms with Crippen LogP contribution in [0.2, 0.25) is 0 Å². The van der Waals surface area contributed by atoms with Gasteiger partial charge in [-0.25, -0.2) is 4.79 Å². The zero-order chi connectivity index (χ0) is 15.2. The summed E-state index contributed by atoms with van der Waals surface area (Å²) in [6, 6.07) is 5.00. The molecule has 0 saturated carbocycles. The Balaban J connectivity index is 2.60. The van der Waals surface area contributed by atoms with Crippen LogP contribution in [0.3, 0.4) is 0 Å². The minimum Gasteiger partial charge on any atom is -0.462 e. The van der Waals surface area contributed by atoms with Gasteiger partial charge >= 0.3 is 18.1 Å². The highest BCUT2D eigenvalue weighted by atomic mass is 19.4. The van der Waals surface area contributed by atoms with Crippen LogP contribution in [0, 0.1) is 0 Å². The molecule has 7 heteroatoms. The van der Waals surface area contributed by atoms with Gasteiger partial charge in [0.25, 0.3) is 0 Å². The standard InChI is InChI=1S/C13H14F3NO3/c1-2-3-8-20-11(18)9-4-6-10(7-5-9)17-12(19)13(14,15)16/h4-7H,2-3,8H2,1H3,(H,17,19). The van der Waals surface area contributed by atoms with Gasteiger partial charge in [0.15, 0.2) is 0 Å². The fourth-order valence-electron chi connectivity index (χ4n) is 1.28. The Labute approximate surface area is 113 Å². The van der Waals surface area contributed by atoms with Crippen molar-refractivity contribution >= 4 is 17.6 Å². The molecule has 0 aliphatic carbocycles. The number of benzene rings is 1. The fourth-order valence-corrected chi connectivity index (χ4v) is 1.28. The summed E-state index contributed by atoms with van der Waals surface area (Å²) in [7, 11) is 0. The zero-order valence-electron chi connectivity index (χ0n) is 10.8. The Morgan fingerprint density at radius 2 is 1.80 bits per heavy atom. The maximum atomic E-state index is 12.0. The van der Waals surface area contributed by atoms with E-state index in [0.717, 1.165) is 12.8 Å². The van der Waals surface area contributed by atoms with Gasteiger partial charge in [0.1, 0.15) is 0 Å². The predicted molar refractivity (Wildman–Crippen MR) is 66.3 cm³/mol. The first-order valence-corrected chi connectivity index (χ1v) is 6.00. The summed E-state index contributed by atoms with van der Waals surface area (Å²) in [5.41, 5.74) is 0.170. The van der Waals surface area contributed by atoms with Gasteiger partial charge in [0.2, 0.25) is 0 Å². The van der Waals surface area contributed by atoms with E-state index in [1.54, 1.807) is 5.32 Å². The van der Waals surface area contributed by atoms with E-state index in [2.05, 4.69) is 0 Å². The molecule has 0 aliphatic rings. The summed E-state index contributed by atoms with van der Waals surface area (Å²) in [5.74, 6) is -2.61. The maximum absolute atomic E-state index is 12.0. The van der Waals surface area contributed by atoms with Crippen LogP contribution in [0.4, 0.5) is 18.9 Å². The molecule has 1 aromatic carbocycles. The molecule has 4 nitrogen and oxygen atoms in total. The van der Waals surface area contributed by atoms with Gasteiger partial charge in [-0.1, -0.05) is 13.3 Å². The van der Waals surface area contributed by atoms with Crippen molar-refractivity contribution in [2.45, 2.75) is 25.9 Å². The Kier molecular flexibility index (Phi) is 5.54. The second-order valence-electron chi connectivity index (χ2n) is 4.02. The molecule has 20 heavy (non-hydrogen) atoms. The van der Waals surface area contributed by atoms with Crippen molar-refractivity contribution < 1.29 is 27.5 Å². The number of carbonyl (C=O) groups is 2. The van der Waals surface area contributed by atoms with E-state index < -0.39 is 18.1 Å². The van der Waals surface area contributed by atoms with Crippen molar-refractivity contribution in [1.29, 1.82) is 0 Å². The number of rotatable bonds is 5. The van der Waals surface area contributed by atoms with E-state index in [0.29, 0.717) is 6.61 Å². The van der Waals surface area contributed by atoms with Crippen LogP contribution in [-0.2, 0) is 9.53 Å². The molecule has 0 heterocycles.